The van der Waals surface area contributed by atoms with Crippen LogP contribution in [0.5, 0.6) is 5.75 Å². The van der Waals surface area contributed by atoms with E-state index in [1.54, 1.807) is 0 Å². The van der Waals surface area contributed by atoms with E-state index in [2.05, 4.69) is 4.74 Å². The van der Waals surface area contributed by atoms with Crippen molar-refractivity contribution in [2.24, 2.45) is 0 Å². The van der Waals surface area contributed by atoms with E-state index < -0.39 is 41.4 Å². The summed E-state index contributed by atoms with van der Waals surface area (Å²) in [5, 5.41) is 0. The van der Waals surface area contributed by atoms with E-state index in [1.165, 1.54) is 0 Å². The quantitative estimate of drug-likeness (QED) is 0.761. The lowest BCUT2D eigenvalue weighted by Gasteiger charge is -2.23. The molecule has 0 radical (unpaired) electrons. The smallest absolute Gasteiger partial charge is 0.430 e. The maximum atomic E-state index is 13.0. The predicted octanol–water partition coefficient (Wildman–Crippen LogP) is 4.15. The van der Waals surface area contributed by atoms with Crippen LogP contribution in [0.2, 0.25) is 0 Å². The Morgan fingerprint density at radius 1 is 1.05 bits per heavy atom. The topological polar surface area (TPSA) is 9.23 Å². The average Bonchev–Trinajstić information content (AvgIpc) is 2.22. The maximum Gasteiger partial charge on any atom is 0.439 e. The lowest BCUT2D eigenvalue weighted by atomic mass is 10.2. The van der Waals surface area contributed by atoms with E-state index in [9.17, 15) is 35.1 Å². The van der Waals surface area contributed by atoms with E-state index in [4.69, 9.17) is 0 Å². The Morgan fingerprint density at radius 3 is 2.05 bits per heavy atom. The Morgan fingerprint density at radius 2 is 1.58 bits per heavy atom. The first kappa shape index (κ1) is 15.5. The molecule has 0 bridgehead atoms. The van der Waals surface area contributed by atoms with Gasteiger partial charge in [-0.25, -0.2) is 13.2 Å². The molecule has 0 aliphatic carbocycles. The summed E-state index contributed by atoms with van der Waals surface area (Å²) in [6, 6.07) is 0.548. The zero-order chi connectivity index (χ0) is 15.0. The Bertz CT molecular complexity index is 467. The Hall–Kier alpha value is -1.54. The highest BCUT2D eigenvalue weighted by Gasteiger charge is 2.59. The van der Waals surface area contributed by atoms with Gasteiger partial charge in [0.15, 0.2) is 0 Å². The van der Waals surface area contributed by atoms with Crippen LogP contribution in [-0.2, 0) is 0 Å². The molecule has 1 atom stereocenters. The second-order valence-electron chi connectivity index (χ2n) is 3.58. The molecule has 108 valence electrons. The SMILES string of the molecule is Cc1c(F)cc(F)cc1OC(F)(F)C(F)C(F)(F)F. The summed E-state index contributed by atoms with van der Waals surface area (Å²) < 4.78 is 103. The first-order valence-corrected chi connectivity index (χ1v) is 4.68. The standard InChI is InChI=1S/C10H6F8O/c1-4-6(12)2-5(11)3-7(4)19-10(17,18)8(13)9(14,15)16/h2-3,8H,1H3. The van der Waals surface area contributed by atoms with Crippen molar-refractivity contribution in [3.05, 3.63) is 29.3 Å². The molecule has 0 fully saturated rings. The van der Waals surface area contributed by atoms with Gasteiger partial charge in [-0.1, -0.05) is 0 Å². The van der Waals surface area contributed by atoms with Crippen LogP contribution in [0.3, 0.4) is 0 Å². The van der Waals surface area contributed by atoms with Gasteiger partial charge in [-0.3, -0.25) is 0 Å². The van der Waals surface area contributed by atoms with E-state index >= 15 is 0 Å². The van der Waals surface area contributed by atoms with E-state index in [1.807, 2.05) is 0 Å². The highest BCUT2D eigenvalue weighted by atomic mass is 19.4. The van der Waals surface area contributed by atoms with Gasteiger partial charge in [-0.15, -0.1) is 0 Å². The highest BCUT2D eigenvalue weighted by molar-refractivity contribution is 5.34. The molecule has 0 amide bonds. The third kappa shape index (κ3) is 3.48. The van der Waals surface area contributed by atoms with Crippen LogP contribution in [0.1, 0.15) is 5.56 Å². The zero-order valence-corrected chi connectivity index (χ0v) is 9.16. The summed E-state index contributed by atoms with van der Waals surface area (Å²) in [5.74, 6) is -3.88. The van der Waals surface area contributed by atoms with Gasteiger partial charge < -0.3 is 4.74 Å². The second kappa shape index (κ2) is 4.86. The van der Waals surface area contributed by atoms with E-state index in [0.717, 1.165) is 6.92 Å². The number of hydrogen-bond donors (Lipinski definition) is 0. The third-order valence-electron chi connectivity index (χ3n) is 2.09. The lowest BCUT2D eigenvalue weighted by Crippen LogP contribution is -2.45. The molecule has 1 aromatic rings. The van der Waals surface area contributed by atoms with Crippen molar-refractivity contribution in [3.63, 3.8) is 0 Å². The van der Waals surface area contributed by atoms with Crippen molar-refractivity contribution in [1.29, 1.82) is 0 Å². The van der Waals surface area contributed by atoms with Crippen LogP contribution in [0, 0.1) is 18.6 Å². The van der Waals surface area contributed by atoms with Gasteiger partial charge in [0.25, 0.3) is 6.17 Å². The van der Waals surface area contributed by atoms with Gasteiger partial charge in [-0.2, -0.15) is 22.0 Å². The van der Waals surface area contributed by atoms with Crippen molar-refractivity contribution in [1.82, 2.24) is 0 Å². The van der Waals surface area contributed by atoms with Gasteiger partial charge in [-0.05, 0) is 6.92 Å². The summed E-state index contributed by atoms with van der Waals surface area (Å²) in [6.45, 7) is 0.862. The number of ether oxygens (including phenoxy) is 1. The van der Waals surface area contributed by atoms with Crippen molar-refractivity contribution < 1.29 is 39.9 Å². The van der Waals surface area contributed by atoms with Gasteiger partial charge in [0, 0.05) is 17.7 Å². The fourth-order valence-corrected chi connectivity index (χ4v) is 1.12. The van der Waals surface area contributed by atoms with Gasteiger partial charge in [0.2, 0.25) is 0 Å². The van der Waals surface area contributed by atoms with Crippen LogP contribution in [0.15, 0.2) is 12.1 Å². The van der Waals surface area contributed by atoms with Crippen molar-refractivity contribution in [2.45, 2.75) is 25.4 Å². The molecule has 1 rings (SSSR count). The monoisotopic (exact) mass is 294 g/mol. The summed E-state index contributed by atoms with van der Waals surface area (Å²) in [5.41, 5.74) is -0.671. The minimum absolute atomic E-state index is 0.232. The van der Waals surface area contributed by atoms with Crippen LogP contribution >= 0.6 is 0 Å². The van der Waals surface area contributed by atoms with Gasteiger partial charge in [0.05, 0.1) is 0 Å². The first-order chi connectivity index (χ1) is 8.45. The number of alkyl halides is 6. The summed E-state index contributed by atoms with van der Waals surface area (Å²) in [7, 11) is 0. The van der Waals surface area contributed by atoms with Gasteiger partial charge >= 0.3 is 12.3 Å². The fourth-order valence-electron chi connectivity index (χ4n) is 1.12. The lowest BCUT2D eigenvalue weighted by molar-refractivity contribution is -0.305. The molecular weight excluding hydrogens is 288 g/mol. The zero-order valence-electron chi connectivity index (χ0n) is 9.16. The number of rotatable bonds is 3. The summed E-state index contributed by atoms with van der Waals surface area (Å²) in [4.78, 5) is 0. The number of benzene rings is 1. The molecule has 0 aliphatic rings. The molecule has 0 spiro atoms. The van der Waals surface area contributed by atoms with Crippen molar-refractivity contribution in [3.8, 4) is 5.75 Å². The van der Waals surface area contributed by atoms with Crippen LogP contribution < -0.4 is 4.74 Å². The van der Waals surface area contributed by atoms with E-state index in [0.29, 0.717) is 6.07 Å². The largest absolute Gasteiger partial charge is 0.439 e. The molecular formula is C10H6F8O. The molecule has 0 heterocycles. The van der Waals surface area contributed by atoms with Crippen LogP contribution in [-0.4, -0.2) is 18.5 Å². The molecule has 19 heavy (non-hydrogen) atoms. The van der Waals surface area contributed by atoms with Crippen LogP contribution in [0.25, 0.3) is 0 Å². The number of halogens is 8. The molecule has 0 aliphatic heterocycles. The second-order valence-corrected chi connectivity index (χ2v) is 3.58. The molecule has 0 saturated heterocycles. The molecule has 1 nitrogen and oxygen atoms in total. The molecule has 0 aromatic heterocycles. The molecule has 0 N–H and O–H groups in total. The summed E-state index contributed by atoms with van der Waals surface area (Å²) in [6.07, 6.45) is -15.8. The van der Waals surface area contributed by atoms with Crippen molar-refractivity contribution in [2.75, 3.05) is 0 Å². The van der Waals surface area contributed by atoms with Crippen molar-refractivity contribution >= 4 is 0 Å². The fraction of sp³-hybridized carbons (Fsp3) is 0.400. The van der Waals surface area contributed by atoms with Gasteiger partial charge in [0.1, 0.15) is 17.4 Å². The molecule has 0 saturated carbocycles. The maximum absolute atomic E-state index is 13.0. The number of hydrogen-bond acceptors (Lipinski definition) is 1. The molecule has 1 unspecified atom stereocenters. The minimum Gasteiger partial charge on any atom is -0.430 e. The predicted molar refractivity (Wildman–Crippen MR) is 47.6 cm³/mol. The Balaban J connectivity index is 3.08. The molecule has 1 aromatic carbocycles. The Kier molecular flexibility index (Phi) is 3.97. The Labute approximate surface area is 101 Å². The summed E-state index contributed by atoms with van der Waals surface area (Å²) >= 11 is 0. The average molecular weight is 294 g/mol. The first-order valence-electron chi connectivity index (χ1n) is 4.68. The van der Waals surface area contributed by atoms with Crippen LogP contribution in [0.4, 0.5) is 35.1 Å². The molecule has 9 heteroatoms. The minimum atomic E-state index is -5.87. The third-order valence-corrected chi connectivity index (χ3v) is 2.09. The highest BCUT2D eigenvalue weighted by Crippen LogP contribution is 2.37. The normalized spacial score (nSPS) is 14.4. The van der Waals surface area contributed by atoms with E-state index in [-0.39, 0.29) is 6.07 Å².